The summed E-state index contributed by atoms with van der Waals surface area (Å²) in [6.45, 7) is 0. The first-order valence-electron chi connectivity index (χ1n) is 3.23. The van der Waals surface area contributed by atoms with E-state index < -0.39 is 0 Å². The van der Waals surface area contributed by atoms with Crippen molar-refractivity contribution in [3.05, 3.63) is 24.5 Å². The number of nitrogens with one attached hydrogen (secondary N) is 2. The van der Waals surface area contributed by atoms with Crippen LogP contribution in [0.4, 0.5) is 5.69 Å². The van der Waals surface area contributed by atoms with Crippen LogP contribution < -0.4 is 15.4 Å². The highest BCUT2D eigenvalue weighted by atomic mass is 15.4. The average molecular weight is 138 g/mol. The molecule has 0 saturated carbocycles. The Balaban J connectivity index is 2.80. The Labute approximate surface area is 60.7 Å². The molecule has 3 nitrogen and oxygen atoms in total. The van der Waals surface area contributed by atoms with Crippen LogP contribution in [0.1, 0.15) is 0 Å². The molecule has 0 aliphatic rings. The van der Waals surface area contributed by atoms with E-state index in [1.54, 1.807) is 0 Å². The monoisotopic (exact) mass is 138 g/mol. The fourth-order valence-electron chi connectivity index (χ4n) is 0.742. The molecule has 1 aromatic rings. The molecule has 1 rings (SSSR count). The molecule has 0 fully saturated rings. The molecule has 0 bridgehead atoms. The molecule has 2 N–H and O–H groups in total. The lowest BCUT2D eigenvalue weighted by molar-refractivity contribution is -0.647. The Morgan fingerprint density at radius 2 is 1.80 bits per heavy atom. The van der Waals surface area contributed by atoms with E-state index in [1.165, 1.54) is 0 Å². The van der Waals surface area contributed by atoms with Gasteiger partial charge in [0.1, 0.15) is 0 Å². The Morgan fingerprint density at radius 3 is 2.20 bits per heavy atom. The average Bonchev–Trinajstić information content (AvgIpc) is 2.05. The van der Waals surface area contributed by atoms with Crippen molar-refractivity contribution >= 4 is 5.69 Å². The molecule has 0 amide bonds. The van der Waals surface area contributed by atoms with Crippen molar-refractivity contribution in [2.75, 3.05) is 24.8 Å². The van der Waals surface area contributed by atoms with Gasteiger partial charge in [0.2, 0.25) is 12.4 Å². The predicted molar refractivity (Wildman–Crippen MR) is 41.5 cm³/mol. The maximum atomic E-state index is 3.04. The highest BCUT2D eigenvalue weighted by molar-refractivity contribution is 5.38. The van der Waals surface area contributed by atoms with E-state index in [1.807, 2.05) is 43.3 Å². The number of anilines is 1. The van der Waals surface area contributed by atoms with Gasteiger partial charge in [0.15, 0.2) is 0 Å². The van der Waals surface area contributed by atoms with E-state index in [0.717, 1.165) is 5.69 Å². The van der Waals surface area contributed by atoms with Crippen LogP contribution in [-0.4, -0.2) is 14.1 Å². The normalized spacial score (nSPS) is 9.00. The largest absolute Gasteiger partial charge is 0.388 e. The quantitative estimate of drug-likeness (QED) is 0.571. The zero-order valence-corrected chi connectivity index (χ0v) is 6.26. The van der Waals surface area contributed by atoms with Gasteiger partial charge in [-0.2, -0.15) is 5.43 Å². The van der Waals surface area contributed by atoms with Crippen molar-refractivity contribution in [1.82, 2.24) is 0 Å². The van der Waals surface area contributed by atoms with E-state index in [2.05, 4.69) is 10.7 Å². The van der Waals surface area contributed by atoms with Crippen molar-refractivity contribution in [3.8, 4) is 0 Å². The van der Waals surface area contributed by atoms with Crippen LogP contribution in [0, 0.1) is 0 Å². The molecule has 0 spiro atoms. The zero-order valence-electron chi connectivity index (χ0n) is 6.26. The van der Waals surface area contributed by atoms with Gasteiger partial charge < -0.3 is 5.32 Å². The molecular weight excluding hydrogens is 126 g/mol. The van der Waals surface area contributed by atoms with Gasteiger partial charge in [0.25, 0.3) is 0 Å². The van der Waals surface area contributed by atoms with Crippen LogP contribution in [0.5, 0.6) is 0 Å². The number of hydrogen-bond acceptors (Lipinski definition) is 2. The molecule has 0 atom stereocenters. The third-order valence-corrected chi connectivity index (χ3v) is 1.38. The first-order chi connectivity index (χ1) is 4.86. The van der Waals surface area contributed by atoms with Gasteiger partial charge >= 0.3 is 0 Å². The van der Waals surface area contributed by atoms with Crippen LogP contribution in [0.2, 0.25) is 0 Å². The SMILES string of the molecule is CNc1cc[n+](NC)cc1. The lowest BCUT2D eigenvalue weighted by atomic mass is 10.4. The van der Waals surface area contributed by atoms with Crippen LogP contribution in [0.15, 0.2) is 24.5 Å². The van der Waals surface area contributed by atoms with Crippen molar-refractivity contribution in [1.29, 1.82) is 0 Å². The second-order valence-electron chi connectivity index (χ2n) is 1.97. The molecule has 10 heavy (non-hydrogen) atoms. The minimum atomic E-state index is 1.12. The number of hydrogen-bond donors (Lipinski definition) is 2. The van der Waals surface area contributed by atoms with Gasteiger partial charge in [0.05, 0.1) is 7.05 Å². The van der Waals surface area contributed by atoms with E-state index in [4.69, 9.17) is 0 Å². The maximum Gasteiger partial charge on any atom is 0.201 e. The first kappa shape index (κ1) is 6.86. The third-order valence-electron chi connectivity index (χ3n) is 1.38. The summed E-state index contributed by atoms with van der Waals surface area (Å²) < 4.78 is 1.88. The third kappa shape index (κ3) is 1.37. The standard InChI is InChI=1S/C7H11N3/c1-8-7-3-5-10(9-2)6-4-7/h3-6,9H,1-2H3/p+1. The molecule has 54 valence electrons. The minimum absolute atomic E-state index is 1.12. The number of pyridine rings is 1. The van der Waals surface area contributed by atoms with Crippen molar-refractivity contribution in [3.63, 3.8) is 0 Å². The summed E-state index contributed by atoms with van der Waals surface area (Å²) in [4.78, 5) is 0. The Kier molecular flexibility index (Phi) is 2.10. The topological polar surface area (TPSA) is 27.9 Å². The molecule has 0 aliphatic heterocycles. The Bertz CT molecular complexity index is 170. The predicted octanol–water partition coefficient (Wildman–Crippen LogP) is 0.189. The summed E-state index contributed by atoms with van der Waals surface area (Å²) in [6, 6.07) is 3.99. The van der Waals surface area contributed by atoms with Gasteiger partial charge in [-0.05, 0) is 0 Å². The summed E-state index contributed by atoms with van der Waals surface area (Å²) in [5, 5.41) is 3.04. The van der Waals surface area contributed by atoms with E-state index in [9.17, 15) is 0 Å². The lowest BCUT2D eigenvalue weighted by Crippen LogP contribution is -2.41. The summed E-state index contributed by atoms with van der Waals surface area (Å²) in [6.07, 6.45) is 3.90. The number of rotatable bonds is 2. The van der Waals surface area contributed by atoms with Gasteiger partial charge in [0, 0.05) is 24.9 Å². The minimum Gasteiger partial charge on any atom is -0.388 e. The van der Waals surface area contributed by atoms with Crippen LogP contribution in [-0.2, 0) is 0 Å². The fraction of sp³-hybridized carbons (Fsp3) is 0.286. The second-order valence-corrected chi connectivity index (χ2v) is 1.97. The molecule has 0 unspecified atom stereocenters. The molecule has 0 radical (unpaired) electrons. The highest BCUT2D eigenvalue weighted by Crippen LogP contribution is 1.98. The second kappa shape index (κ2) is 3.06. The first-order valence-corrected chi connectivity index (χ1v) is 3.23. The number of nitrogens with zero attached hydrogens (tertiary/aromatic N) is 1. The molecular formula is C7H12N3+. The highest BCUT2D eigenvalue weighted by Gasteiger charge is 1.93. The molecule has 3 heteroatoms. The number of aromatic nitrogens is 1. The van der Waals surface area contributed by atoms with Crippen LogP contribution >= 0.6 is 0 Å². The van der Waals surface area contributed by atoms with E-state index in [-0.39, 0.29) is 0 Å². The molecule has 0 saturated heterocycles. The van der Waals surface area contributed by atoms with E-state index >= 15 is 0 Å². The molecule has 0 aromatic carbocycles. The van der Waals surface area contributed by atoms with E-state index in [0.29, 0.717) is 0 Å². The van der Waals surface area contributed by atoms with Gasteiger partial charge in [-0.15, -0.1) is 0 Å². The van der Waals surface area contributed by atoms with Crippen molar-refractivity contribution < 1.29 is 4.68 Å². The summed E-state index contributed by atoms with van der Waals surface area (Å²) >= 11 is 0. The fourth-order valence-corrected chi connectivity index (χ4v) is 0.742. The van der Waals surface area contributed by atoms with Gasteiger partial charge in [-0.25, -0.2) is 0 Å². The summed E-state index contributed by atoms with van der Waals surface area (Å²) in [5.74, 6) is 0. The molecule has 1 heterocycles. The summed E-state index contributed by atoms with van der Waals surface area (Å²) in [5.41, 5.74) is 4.08. The van der Waals surface area contributed by atoms with Crippen LogP contribution in [0.3, 0.4) is 0 Å². The summed E-state index contributed by atoms with van der Waals surface area (Å²) in [7, 11) is 3.78. The Morgan fingerprint density at radius 1 is 1.20 bits per heavy atom. The van der Waals surface area contributed by atoms with Gasteiger partial charge in [-0.1, -0.05) is 4.68 Å². The lowest BCUT2D eigenvalue weighted by Gasteiger charge is -1.96. The smallest absolute Gasteiger partial charge is 0.201 e. The van der Waals surface area contributed by atoms with Crippen molar-refractivity contribution in [2.45, 2.75) is 0 Å². The van der Waals surface area contributed by atoms with Crippen LogP contribution in [0.25, 0.3) is 0 Å². The Hall–Kier alpha value is -1.25. The van der Waals surface area contributed by atoms with Crippen molar-refractivity contribution in [2.24, 2.45) is 0 Å². The zero-order chi connectivity index (χ0) is 7.40. The van der Waals surface area contributed by atoms with Gasteiger partial charge in [-0.3, -0.25) is 0 Å². The maximum absolute atomic E-state index is 3.04. The molecule has 1 aromatic heterocycles. The molecule has 0 aliphatic carbocycles.